The molecule has 0 fully saturated rings. The zero-order valence-corrected chi connectivity index (χ0v) is 16.7. The van der Waals surface area contributed by atoms with E-state index in [4.69, 9.17) is 9.47 Å². The fraction of sp³-hybridized carbons (Fsp3) is 0.182. The second kappa shape index (κ2) is 7.01. The first kappa shape index (κ1) is 18.6. The maximum Gasteiger partial charge on any atom is 0.330 e. The number of hydrogen-bond acceptors (Lipinski definition) is 4. The topological polar surface area (TPSA) is 67.4 Å². The van der Waals surface area contributed by atoms with Crippen molar-refractivity contribution in [3.63, 3.8) is 0 Å². The van der Waals surface area contributed by atoms with Crippen LogP contribution in [0, 0.1) is 0 Å². The summed E-state index contributed by atoms with van der Waals surface area (Å²) in [6.07, 6.45) is 1.79. The third-order valence-corrected chi connectivity index (χ3v) is 5.13. The van der Waals surface area contributed by atoms with Crippen LogP contribution in [0.5, 0.6) is 11.5 Å². The summed E-state index contributed by atoms with van der Waals surface area (Å²) in [5, 5.41) is 0.464. The number of hydrogen-bond donors (Lipinski definition) is 0. The Kier molecular flexibility index (Phi) is 4.50. The van der Waals surface area contributed by atoms with E-state index in [1.54, 1.807) is 27.5 Å². The fourth-order valence-corrected chi connectivity index (χ4v) is 3.60. The van der Waals surface area contributed by atoms with Crippen molar-refractivity contribution in [2.24, 2.45) is 14.1 Å². The van der Waals surface area contributed by atoms with Crippen LogP contribution in [0.1, 0.15) is 0 Å². The van der Waals surface area contributed by atoms with Gasteiger partial charge in [-0.25, -0.2) is 4.79 Å². The average molecular weight is 391 g/mol. The summed E-state index contributed by atoms with van der Waals surface area (Å²) in [6, 6.07) is 15.1. The number of methoxy groups -OCH3 is 2. The third kappa shape index (κ3) is 2.82. The van der Waals surface area contributed by atoms with Gasteiger partial charge in [0.05, 0.1) is 36.5 Å². The summed E-state index contributed by atoms with van der Waals surface area (Å²) in [5.41, 5.74) is 2.06. The van der Waals surface area contributed by atoms with Crippen LogP contribution >= 0.6 is 0 Å². The SMILES string of the molecule is COc1ccc(OC)c(-n2cc3c(c2-c2ccccc2)c(=O)n(C)c(=O)n3C)c1. The van der Waals surface area contributed by atoms with E-state index in [1.807, 2.05) is 53.1 Å². The van der Waals surface area contributed by atoms with Crippen LogP contribution in [0.2, 0.25) is 0 Å². The lowest BCUT2D eigenvalue weighted by Gasteiger charge is -2.15. The maximum atomic E-state index is 13.1. The predicted octanol–water partition coefficient (Wildman–Crippen LogP) is 2.71. The van der Waals surface area contributed by atoms with Crippen LogP contribution in [0.15, 0.2) is 64.3 Å². The molecule has 0 radical (unpaired) electrons. The summed E-state index contributed by atoms with van der Waals surface area (Å²) < 4.78 is 15.4. The fourth-order valence-electron chi connectivity index (χ4n) is 3.60. The molecule has 2 aromatic carbocycles. The molecule has 0 saturated carbocycles. The molecule has 0 N–H and O–H groups in total. The Hall–Kier alpha value is -3.74. The smallest absolute Gasteiger partial charge is 0.330 e. The number of aryl methyl sites for hydroxylation is 1. The molecule has 0 spiro atoms. The van der Waals surface area contributed by atoms with Gasteiger partial charge >= 0.3 is 5.69 Å². The first-order valence-corrected chi connectivity index (χ1v) is 9.06. The molecule has 0 amide bonds. The first-order valence-electron chi connectivity index (χ1n) is 9.06. The Bertz CT molecular complexity index is 1330. The Morgan fingerprint density at radius 2 is 1.59 bits per heavy atom. The number of fused-ring (bicyclic) bond motifs is 1. The van der Waals surface area contributed by atoms with Gasteiger partial charge < -0.3 is 14.0 Å². The second-order valence-electron chi connectivity index (χ2n) is 6.72. The molecule has 4 aromatic rings. The van der Waals surface area contributed by atoms with Crippen LogP contribution in [0.4, 0.5) is 0 Å². The number of aromatic nitrogens is 3. The van der Waals surface area contributed by atoms with Gasteiger partial charge in [0.25, 0.3) is 5.56 Å². The molecule has 7 heteroatoms. The predicted molar refractivity (Wildman–Crippen MR) is 112 cm³/mol. The quantitative estimate of drug-likeness (QED) is 0.537. The summed E-state index contributed by atoms with van der Waals surface area (Å²) in [5.74, 6) is 1.27. The van der Waals surface area contributed by atoms with Gasteiger partial charge in [-0.05, 0) is 17.7 Å². The van der Waals surface area contributed by atoms with Gasteiger partial charge in [-0.3, -0.25) is 13.9 Å². The Morgan fingerprint density at radius 1 is 0.862 bits per heavy atom. The average Bonchev–Trinajstić information content (AvgIpc) is 3.17. The highest BCUT2D eigenvalue weighted by molar-refractivity contribution is 5.95. The minimum atomic E-state index is -0.378. The summed E-state index contributed by atoms with van der Waals surface area (Å²) >= 11 is 0. The molecule has 4 rings (SSSR count). The molecule has 0 aliphatic rings. The van der Waals surface area contributed by atoms with Crippen molar-refractivity contribution in [3.8, 4) is 28.4 Å². The van der Waals surface area contributed by atoms with Crippen LogP contribution in [0.25, 0.3) is 27.8 Å². The Balaban J connectivity index is 2.22. The lowest BCUT2D eigenvalue weighted by molar-refractivity contribution is 0.401. The molecule has 148 valence electrons. The van der Waals surface area contributed by atoms with Crippen molar-refractivity contribution in [1.82, 2.24) is 13.7 Å². The van der Waals surface area contributed by atoms with E-state index in [9.17, 15) is 9.59 Å². The highest BCUT2D eigenvalue weighted by Gasteiger charge is 2.21. The molecule has 0 unspecified atom stereocenters. The van der Waals surface area contributed by atoms with Crippen molar-refractivity contribution in [3.05, 3.63) is 75.6 Å². The lowest BCUT2D eigenvalue weighted by Crippen LogP contribution is -2.36. The normalized spacial score (nSPS) is 11.0. The zero-order valence-electron chi connectivity index (χ0n) is 16.7. The summed E-state index contributed by atoms with van der Waals surface area (Å²) in [4.78, 5) is 25.6. The van der Waals surface area contributed by atoms with E-state index in [0.717, 1.165) is 10.1 Å². The zero-order chi connectivity index (χ0) is 20.7. The van der Waals surface area contributed by atoms with E-state index in [-0.39, 0.29) is 11.2 Å². The highest BCUT2D eigenvalue weighted by atomic mass is 16.5. The molecule has 0 saturated heterocycles. The third-order valence-electron chi connectivity index (χ3n) is 5.13. The molecule has 7 nitrogen and oxygen atoms in total. The molecule has 0 aliphatic heterocycles. The van der Waals surface area contributed by atoms with Gasteiger partial charge in [0.2, 0.25) is 0 Å². The number of benzene rings is 2. The highest BCUT2D eigenvalue weighted by Crippen LogP contribution is 2.35. The lowest BCUT2D eigenvalue weighted by atomic mass is 10.1. The molecule has 0 bridgehead atoms. The van der Waals surface area contributed by atoms with Gasteiger partial charge in [0.1, 0.15) is 11.5 Å². The largest absolute Gasteiger partial charge is 0.497 e. The van der Waals surface area contributed by atoms with Crippen molar-refractivity contribution in [2.45, 2.75) is 0 Å². The van der Waals surface area contributed by atoms with Gasteiger partial charge in [-0.1, -0.05) is 30.3 Å². The van der Waals surface area contributed by atoms with Gasteiger partial charge in [-0.2, -0.15) is 0 Å². The number of ether oxygens (including phenoxy) is 2. The Morgan fingerprint density at radius 3 is 2.24 bits per heavy atom. The number of nitrogens with zero attached hydrogens (tertiary/aromatic N) is 3. The monoisotopic (exact) mass is 391 g/mol. The van der Waals surface area contributed by atoms with Crippen LogP contribution < -0.4 is 20.7 Å². The second-order valence-corrected chi connectivity index (χ2v) is 6.72. The minimum Gasteiger partial charge on any atom is -0.497 e. The van der Waals surface area contributed by atoms with E-state index < -0.39 is 0 Å². The summed E-state index contributed by atoms with van der Waals surface area (Å²) in [7, 11) is 6.33. The minimum absolute atomic E-state index is 0.345. The van der Waals surface area contributed by atoms with E-state index in [0.29, 0.717) is 33.8 Å². The van der Waals surface area contributed by atoms with Gasteiger partial charge in [0.15, 0.2) is 0 Å². The molecule has 2 aromatic heterocycles. The van der Waals surface area contributed by atoms with Gasteiger partial charge in [0, 0.05) is 26.4 Å². The molecule has 2 heterocycles. The maximum absolute atomic E-state index is 13.1. The van der Waals surface area contributed by atoms with Crippen molar-refractivity contribution >= 4 is 10.9 Å². The van der Waals surface area contributed by atoms with Crippen LogP contribution in [-0.2, 0) is 14.1 Å². The van der Waals surface area contributed by atoms with Crippen molar-refractivity contribution in [2.75, 3.05) is 14.2 Å². The first-order chi connectivity index (χ1) is 14.0. The molecular formula is C22H21N3O4. The van der Waals surface area contributed by atoms with Crippen molar-refractivity contribution in [1.29, 1.82) is 0 Å². The molecule has 0 atom stereocenters. The van der Waals surface area contributed by atoms with Crippen LogP contribution in [-0.4, -0.2) is 27.9 Å². The van der Waals surface area contributed by atoms with Crippen molar-refractivity contribution < 1.29 is 9.47 Å². The van der Waals surface area contributed by atoms with Crippen LogP contribution in [0.3, 0.4) is 0 Å². The molecule has 0 aliphatic carbocycles. The van der Waals surface area contributed by atoms with Gasteiger partial charge in [-0.15, -0.1) is 0 Å². The molecule has 29 heavy (non-hydrogen) atoms. The summed E-state index contributed by atoms with van der Waals surface area (Å²) in [6.45, 7) is 0. The molecular weight excluding hydrogens is 370 g/mol. The standard InChI is InChI=1S/C22H21N3O4/c1-23-17-13-25(16-12-15(28-3)10-11-18(16)29-4)20(14-8-6-5-7-9-14)19(17)21(26)24(2)22(23)27/h5-13H,1-4H3. The Labute approximate surface area is 167 Å². The van der Waals surface area contributed by atoms with E-state index in [2.05, 4.69) is 0 Å². The number of rotatable bonds is 4. The van der Waals surface area contributed by atoms with E-state index >= 15 is 0 Å². The van der Waals surface area contributed by atoms with E-state index in [1.165, 1.54) is 11.6 Å².